The van der Waals surface area contributed by atoms with Gasteiger partial charge in [-0.1, -0.05) is 19.9 Å². The van der Waals surface area contributed by atoms with E-state index in [9.17, 15) is 9.90 Å². The normalized spacial score (nSPS) is 14.5. The van der Waals surface area contributed by atoms with E-state index in [-0.39, 0.29) is 5.78 Å². The topological polar surface area (TPSA) is 37.3 Å². The minimum Gasteiger partial charge on any atom is -0.377 e. The molecule has 0 aliphatic rings. The van der Waals surface area contributed by atoms with E-state index in [1.807, 2.05) is 6.92 Å². The summed E-state index contributed by atoms with van der Waals surface area (Å²) >= 11 is 0. The molecule has 0 aromatic heterocycles. The van der Waals surface area contributed by atoms with Crippen molar-refractivity contribution in [1.29, 1.82) is 0 Å². The average Bonchev–Trinajstić information content (AvgIpc) is 2.12. The third-order valence-electron chi connectivity index (χ3n) is 2.30. The van der Waals surface area contributed by atoms with Crippen LogP contribution >= 0.6 is 0 Å². The molecule has 0 aromatic carbocycles. The molecule has 74 valence electrons. The molecule has 0 fully saturated rings. The predicted octanol–water partition coefficient (Wildman–Crippen LogP) is 2.23. The molecule has 0 spiro atoms. The maximum Gasteiger partial charge on any atom is 0.168 e. The van der Waals surface area contributed by atoms with Crippen LogP contribution in [-0.2, 0) is 4.79 Å². The molecule has 0 bridgehead atoms. The van der Waals surface area contributed by atoms with E-state index in [0.29, 0.717) is 12.0 Å². The maximum absolute atomic E-state index is 11.5. The van der Waals surface area contributed by atoms with Crippen LogP contribution in [0.15, 0.2) is 17.9 Å². The zero-order valence-electron chi connectivity index (χ0n) is 8.68. The number of Topliss-reactive ketones (excluding diaryl/α,β-unsaturated/α-hetero) is 1. The number of hydrogen-bond donors (Lipinski definition) is 1. The second-order valence-corrected chi connectivity index (χ2v) is 3.40. The highest BCUT2D eigenvalue weighted by Crippen LogP contribution is 2.18. The Bertz CT molecular complexity index is 232. The van der Waals surface area contributed by atoms with Crippen molar-refractivity contribution >= 4 is 5.78 Å². The average molecular weight is 182 g/mol. The highest BCUT2D eigenvalue weighted by atomic mass is 16.3. The third kappa shape index (κ3) is 3.17. The first-order valence-corrected chi connectivity index (χ1v) is 4.59. The first-order chi connectivity index (χ1) is 5.96. The van der Waals surface area contributed by atoms with Gasteiger partial charge in [0.05, 0.1) is 0 Å². The summed E-state index contributed by atoms with van der Waals surface area (Å²) < 4.78 is 0. The minimum atomic E-state index is -1.38. The number of aliphatic hydroxyl groups is 1. The molecule has 2 nitrogen and oxygen atoms in total. The zero-order chi connectivity index (χ0) is 10.5. The van der Waals surface area contributed by atoms with E-state index >= 15 is 0 Å². The lowest BCUT2D eigenvalue weighted by atomic mass is 9.90. The fraction of sp³-hybridized carbons (Fsp3) is 0.636. The Kier molecular flexibility index (Phi) is 4.68. The monoisotopic (exact) mass is 182 g/mol. The molecule has 0 rings (SSSR count). The minimum absolute atomic E-state index is 0.150. The van der Waals surface area contributed by atoms with Gasteiger partial charge >= 0.3 is 0 Å². The van der Waals surface area contributed by atoms with E-state index in [2.05, 4.69) is 12.3 Å². The molecule has 0 saturated carbocycles. The van der Waals surface area contributed by atoms with Gasteiger partial charge in [-0.15, -0.1) is 5.73 Å². The smallest absolute Gasteiger partial charge is 0.168 e. The second-order valence-electron chi connectivity index (χ2n) is 3.40. The summed E-state index contributed by atoms with van der Waals surface area (Å²) in [6.45, 7) is 8.59. The van der Waals surface area contributed by atoms with E-state index in [0.717, 1.165) is 12.8 Å². The first-order valence-electron chi connectivity index (χ1n) is 4.59. The molecule has 2 heteroatoms. The Labute approximate surface area is 80.0 Å². The Morgan fingerprint density at radius 3 is 2.54 bits per heavy atom. The van der Waals surface area contributed by atoms with Crippen LogP contribution in [0, 0.1) is 0 Å². The highest BCUT2D eigenvalue weighted by molar-refractivity contribution is 5.89. The van der Waals surface area contributed by atoms with Crippen molar-refractivity contribution in [2.24, 2.45) is 0 Å². The molecule has 0 heterocycles. The van der Waals surface area contributed by atoms with E-state index < -0.39 is 5.60 Å². The SMILES string of the molecule is C=C=C(C)C(C)(O)C(=O)CCCC. The van der Waals surface area contributed by atoms with E-state index in [4.69, 9.17) is 0 Å². The van der Waals surface area contributed by atoms with Crippen molar-refractivity contribution in [2.75, 3.05) is 0 Å². The Balaban J connectivity index is 4.45. The summed E-state index contributed by atoms with van der Waals surface area (Å²) in [6, 6.07) is 0. The molecule has 0 aliphatic carbocycles. The standard InChI is InChI=1S/C11H18O2/c1-5-7-8-10(12)11(4,13)9(3)6-2/h13H,2,5,7-8H2,1,3-4H3. The van der Waals surface area contributed by atoms with Crippen LogP contribution in [0.5, 0.6) is 0 Å². The van der Waals surface area contributed by atoms with Gasteiger partial charge in [-0.25, -0.2) is 0 Å². The Hall–Kier alpha value is -0.850. The van der Waals surface area contributed by atoms with Gasteiger partial charge in [-0.3, -0.25) is 4.79 Å². The molecule has 1 N–H and O–H groups in total. The lowest BCUT2D eigenvalue weighted by Gasteiger charge is -2.21. The van der Waals surface area contributed by atoms with Crippen LogP contribution < -0.4 is 0 Å². The summed E-state index contributed by atoms with van der Waals surface area (Å²) in [5.74, 6) is -0.150. The van der Waals surface area contributed by atoms with Crippen LogP contribution in [-0.4, -0.2) is 16.5 Å². The van der Waals surface area contributed by atoms with Gasteiger partial charge in [-0.2, -0.15) is 0 Å². The van der Waals surface area contributed by atoms with Crippen LogP contribution in [0.1, 0.15) is 40.0 Å². The number of unbranched alkanes of at least 4 members (excludes halogenated alkanes) is 1. The van der Waals surface area contributed by atoms with Gasteiger partial charge in [-0.05, 0) is 20.3 Å². The van der Waals surface area contributed by atoms with Gasteiger partial charge in [0.2, 0.25) is 0 Å². The van der Waals surface area contributed by atoms with Crippen molar-refractivity contribution < 1.29 is 9.90 Å². The first kappa shape index (κ1) is 12.2. The van der Waals surface area contributed by atoms with Crippen molar-refractivity contribution in [1.82, 2.24) is 0 Å². The second kappa shape index (κ2) is 5.00. The quantitative estimate of drug-likeness (QED) is 0.662. The Morgan fingerprint density at radius 2 is 2.15 bits per heavy atom. The van der Waals surface area contributed by atoms with Gasteiger partial charge in [0.25, 0.3) is 0 Å². The lowest BCUT2D eigenvalue weighted by Crippen LogP contribution is -2.35. The van der Waals surface area contributed by atoms with Crippen LogP contribution in [0.3, 0.4) is 0 Å². The van der Waals surface area contributed by atoms with Gasteiger partial charge in [0.1, 0.15) is 5.60 Å². The molecule has 13 heavy (non-hydrogen) atoms. The van der Waals surface area contributed by atoms with Crippen LogP contribution in [0.2, 0.25) is 0 Å². The third-order valence-corrected chi connectivity index (χ3v) is 2.30. The van der Waals surface area contributed by atoms with Gasteiger partial charge < -0.3 is 5.11 Å². The number of carbonyl (C=O) groups is 1. The maximum atomic E-state index is 11.5. The zero-order valence-corrected chi connectivity index (χ0v) is 8.68. The lowest BCUT2D eigenvalue weighted by molar-refractivity contribution is -0.132. The van der Waals surface area contributed by atoms with Gasteiger partial charge in [0.15, 0.2) is 5.78 Å². The molecule has 0 amide bonds. The molecule has 0 aliphatic heterocycles. The highest BCUT2D eigenvalue weighted by Gasteiger charge is 2.30. The fourth-order valence-corrected chi connectivity index (χ4v) is 0.962. The van der Waals surface area contributed by atoms with Crippen molar-refractivity contribution in [2.45, 2.75) is 45.6 Å². The molecule has 0 aromatic rings. The summed E-state index contributed by atoms with van der Waals surface area (Å²) in [4.78, 5) is 11.5. The summed E-state index contributed by atoms with van der Waals surface area (Å²) in [6.07, 6.45) is 2.20. The summed E-state index contributed by atoms with van der Waals surface area (Å²) in [5.41, 5.74) is 1.67. The molecular formula is C11H18O2. The van der Waals surface area contributed by atoms with Gasteiger partial charge in [0, 0.05) is 12.0 Å². The summed E-state index contributed by atoms with van der Waals surface area (Å²) in [7, 11) is 0. The molecule has 1 atom stereocenters. The van der Waals surface area contributed by atoms with Crippen LogP contribution in [0.4, 0.5) is 0 Å². The summed E-state index contributed by atoms with van der Waals surface area (Å²) in [5, 5.41) is 9.79. The number of ketones is 1. The molecule has 0 saturated heterocycles. The molecular weight excluding hydrogens is 164 g/mol. The van der Waals surface area contributed by atoms with E-state index in [1.165, 1.54) is 6.92 Å². The van der Waals surface area contributed by atoms with Crippen molar-refractivity contribution in [3.05, 3.63) is 17.9 Å². The van der Waals surface area contributed by atoms with E-state index in [1.54, 1.807) is 6.92 Å². The molecule has 0 radical (unpaired) electrons. The Morgan fingerprint density at radius 1 is 1.62 bits per heavy atom. The van der Waals surface area contributed by atoms with Crippen LogP contribution in [0.25, 0.3) is 0 Å². The van der Waals surface area contributed by atoms with Crippen molar-refractivity contribution in [3.8, 4) is 0 Å². The number of rotatable bonds is 5. The number of carbonyl (C=O) groups excluding carboxylic acids is 1. The predicted molar refractivity (Wildman–Crippen MR) is 53.5 cm³/mol. The number of hydrogen-bond acceptors (Lipinski definition) is 2. The van der Waals surface area contributed by atoms with Crippen molar-refractivity contribution in [3.63, 3.8) is 0 Å². The largest absolute Gasteiger partial charge is 0.377 e. The molecule has 1 unspecified atom stereocenters. The fourth-order valence-electron chi connectivity index (χ4n) is 0.962.